The van der Waals surface area contributed by atoms with Gasteiger partial charge < -0.3 is 9.47 Å². The van der Waals surface area contributed by atoms with E-state index in [1.54, 1.807) is 18.2 Å². The van der Waals surface area contributed by atoms with Crippen LogP contribution in [0.2, 0.25) is 0 Å². The van der Waals surface area contributed by atoms with E-state index in [9.17, 15) is 14.4 Å². The van der Waals surface area contributed by atoms with Crippen molar-refractivity contribution in [1.29, 1.82) is 0 Å². The molecule has 2 aromatic carbocycles. The largest absolute Gasteiger partial charge is 0.490 e. The maximum absolute atomic E-state index is 11.9. The zero-order chi connectivity index (χ0) is 20.1. The van der Waals surface area contributed by atoms with Crippen molar-refractivity contribution in [2.75, 3.05) is 6.61 Å². The standard InChI is InChI=1S/C20H17BrN2O5/c1-2-27-17-10-12(9-14-18(24)22-20(26)23-19(14)25)7-8-16(17)28-11-13-5-3-4-6-15(13)21/h3-10H,2,11H2,1H3,(H2,22,23,24,25,26). The normalized spacial score (nSPS) is 13.6. The summed E-state index contributed by atoms with van der Waals surface area (Å²) in [4.78, 5) is 34.9. The number of nitrogens with one attached hydrogen (secondary N) is 2. The molecule has 28 heavy (non-hydrogen) atoms. The SMILES string of the molecule is CCOc1cc(C=C2C(=O)NC(=O)NC2=O)ccc1OCc1ccccc1Br. The highest BCUT2D eigenvalue weighted by Gasteiger charge is 2.27. The predicted molar refractivity (Wildman–Crippen MR) is 106 cm³/mol. The fraction of sp³-hybridized carbons (Fsp3) is 0.150. The number of ether oxygens (including phenoxy) is 2. The van der Waals surface area contributed by atoms with E-state index in [4.69, 9.17) is 9.47 Å². The molecule has 3 rings (SSSR count). The van der Waals surface area contributed by atoms with Gasteiger partial charge in [0.05, 0.1) is 6.61 Å². The van der Waals surface area contributed by atoms with Gasteiger partial charge in [-0.3, -0.25) is 20.2 Å². The summed E-state index contributed by atoms with van der Waals surface area (Å²) in [5.74, 6) is -0.481. The van der Waals surface area contributed by atoms with Gasteiger partial charge in [-0.15, -0.1) is 0 Å². The molecule has 144 valence electrons. The monoisotopic (exact) mass is 444 g/mol. The van der Waals surface area contributed by atoms with Crippen LogP contribution in [0.5, 0.6) is 11.5 Å². The molecule has 0 radical (unpaired) electrons. The van der Waals surface area contributed by atoms with E-state index in [0.717, 1.165) is 10.0 Å². The van der Waals surface area contributed by atoms with Crippen LogP contribution in [0.4, 0.5) is 4.79 Å². The summed E-state index contributed by atoms with van der Waals surface area (Å²) in [6.45, 7) is 2.60. The summed E-state index contributed by atoms with van der Waals surface area (Å²) in [7, 11) is 0. The lowest BCUT2D eigenvalue weighted by Crippen LogP contribution is -2.51. The number of amides is 4. The summed E-state index contributed by atoms with van der Waals surface area (Å²) in [6, 6.07) is 12.0. The summed E-state index contributed by atoms with van der Waals surface area (Å²) in [5, 5.41) is 4.07. The maximum atomic E-state index is 11.9. The zero-order valence-corrected chi connectivity index (χ0v) is 16.5. The average molecular weight is 445 g/mol. The van der Waals surface area contributed by atoms with Gasteiger partial charge in [0, 0.05) is 10.0 Å². The summed E-state index contributed by atoms with van der Waals surface area (Å²) in [5.41, 5.74) is 1.38. The van der Waals surface area contributed by atoms with Crippen LogP contribution in [-0.4, -0.2) is 24.5 Å². The molecule has 0 atom stereocenters. The third kappa shape index (κ3) is 4.58. The molecule has 0 bridgehead atoms. The van der Waals surface area contributed by atoms with Crippen molar-refractivity contribution in [3.63, 3.8) is 0 Å². The third-order valence-corrected chi connectivity index (χ3v) is 4.64. The van der Waals surface area contributed by atoms with Crippen LogP contribution in [0, 0.1) is 0 Å². The molecule has 1 aliphatic rings. The molecule has 8 heteroatoms. The first-order valence-corrected chi connectivity index (χ1v) is 9.28. The van der Waals surface area contributed by atoms with Crippen molar-refractivity contribution in [3.8, 4) is 11.5 Å². The van der Waals surface area contributed by atoms with Gasteiger partial charge in [0.2, 0.25) is 0 Å². The molecule has 1 fully saturated rings. The van der Waals surface area contributed by atoms with Crippen molar-refractivity contribution in [2.45, 2.75) is 13.5 Å². The smallest absolute Gasteiger partial charge is 0.328 e. The van der Waals surface area contributed by atoms with Gasteiger partial charge in [-0.2, -0.15) is 0 Å². The van der Waals surface area contributed by atoms with Crippen LogP contribution in [-0.2, 0) is 16.2 Å². The van der Waals surface area contributed by atoms with E-state index < -0.39 is 17.8 Å². The molecule has 0 aliphatic carbocycles. The second-order valence-electron chi connectivity index (χ2n) is 5.81. The van der Waals surface area contributed by atoms with E-state index >= 15 is 0 Å². The lowest BCUT2D eigenvalue weighted by molar-refractivity contribution is -0.123. The van der Waals surface area contributed by atoms with Gasteiger partial charge in [-0.05, 0) is 36.8 Å². The lowest BCUT2D eigenvalue weighted by Gasteiger charge is -2.15. The molecule has 0 aromatic heterocycles. The number of carbonyl (C=O) groups is 3. The number of rotatable bonds is 6. The van der Waals surface area contributed by atoms with E-state index in [1.807, 2.05) is 41.8 Å². The summed E-state index contributed by atoms with van der Waals surface area (Å²) >= 11 is 3.48. The molecule has 0 saturated carbocycles. The van der Waals surface area contributed by atoms with Crippen LogP contribution < -0.4 is 20.1 Å². The molecule has 1 aliphatic heterocycles. The van der Waals surface area contributed by atoms with Gasteiger partial charge >= 0.3 is 6.03 Å². The molecule has 4 amide bonds. The van der Waals surface area contributed by atoms with Gasteiger partial charge in [0.1, 0.15) is 12.2 Å². The first kappa shape index (κ1) is 19.6. The Morgan fingerprint density at radius 1 is 0.964 bits per heavy atom. The Morgan fingerprint density at radius 2 is 1.68 bits per heavy atom. The minimum atomic E-state index is -0.835. The molecular weight excluding hydrogens is 428 g/mol. The Hall–Kier alpha value is -3.13. The number of hydrogen-bond donors (Lipinski definition) is 2. The van der Waals surface area contributed by atoms with E-state index in [0.29, 0.717) is 30.3 Å². The molecule has 2 aromatic rings. The highest BCUT2D eigenvalue weighted by molar-refractivity contribution is 9.10. The summed E-state index contributed by atoms with van der Waals surface area (Å²) < 4.78 is 12.5. The fourth-order valence-electron chi connectivity index (χ4n) is 2.55. The van der Waals surface area contributed by atoms with E-state index in [2.05, 4.69) is 15.9 Å². The second kappa shape index (κ2) is 8.71. The number of benzene rings is 2. The minimum absolute atomic E-state index is 0.163. The Morgan fingerprint density at radius 3 is 2.36 bits per heavy atom. The number of barbiturate groups is 1. The van der Waals surface area contributed by atoms with Crippen molar-refractivity contribution in [2.24, 2.45) is 0 Å². The van der Waals surface area contributed by atoms with E-state index in [-0.39, 0.29) is 5.57 Å². The zero-order valence-electron chi connectivity index (χ0n) is 15.0. The lowest BCUT2D eigenvalue weighted by atomic mass is 10.1. The molecule has 2 N–H and O–H groups in total. The quantitative estimate of drug-likeness (QED) is 0.527. The van der Waals surface area contributed by atoms with Crippen LogP contribution in [0.15, 0.2) is 52.5 Å². The van der Waals surface area contributed by atoms with Crippen molar-refractivity contribution in [3.05, 3.63) is 63.6 Å². The van der Waals surface area contributed by atoms with Gasteiger partial charge in [0.25, 0.3) is 11.8 Å². The molecular formula is C20H17BrN2O5. The second-order valence-corrected chi connectivity index (χ2v) is 6.67. The van der Waals surface area contributed by atoms with E-state index in [1.165, 1.54) is 6.08 Å². The van der Waals surface area contributed by atoms with Crippen molar-refractivity contribution >= 4 is 39.9 Å². The van der Waals surface area contributed by atoms with Crippen LogP contribution in [0.1, 0.15) is 18.1 Å². The first-order chi connectivity index (χ1) is 13.5. The van der Waals surface area contributed by atoms with Crippen LogP contribution in [0.25, 0.3) is 6.08 Å². The molecule has 0 unspecified atom stereocenters. The number of halogens is 1. The average Bonchev–Trinajstić information content (AvgIpc) is 2.65. The summed E-state index contributed by atoms with van der Waals surface area (Å²) in [6.07, 6.45) is 1.39. The predicted octanol–water partition coefficient (Wildman–Crippen LogP) is 3.18. The Balaban J connectivity index is 1.83. The van der Waals surface area contributed by atoms with Gasteiger partial charge in [0.15, 0.2) is 11.5 Å². The highest BCUT2D eigenvalue weighted by Crippen LogP contribution is 2.31. The molecule has 7 nitrogen and oxygen atoms in total. The Labute approximate surface area is 169 Å². The highest BCUT2D eigenvalue weighted by atomic mass is 79.9. The van der Waals surface area contributed by atoms with Crippen molar-refractivity contribution in [1.82, 2.24) is 10.6 Å². The Bertz CT molecular complexity index is 949. The third-order valence-electron chi connectivity index (χ3n) is 3.86. The number of urea groups is 1. The minimum Gasteiger partial charge on any atom is -0.490 e. The van der Waals surface area contributed by atoms with Gasteiger partial charge in [-0.25, -0.2) is 4.79 Å². The van der Waals surface area contributed by atoms with Gasteiger partial charge in [-0.1, -0.05) is 40.2 Å². The number of hydrogen-bond acceptors (Lipinski definition) is 5. The van der Waals surface area contributed by atoms with Crippen LogP contribution in [0.3, 0.4) is 0 Å². The topological polar surface area (TPSA) is 93.7 Å². The molecule has 0 spiro atoms. The number of carbonyl (C=O) groups excluding carboxylic acids is 3. The number of imide groups is 2. The Kier molecular flexibility index (Phi) is 6.10. The van der Waals surface area contributed by atoms with Crippen molar-refractivity contribution < 1.29 is 23.9 Å². The fourth-order valence-corrected chi connectivity index (χ4v) is 2.95. The molecule has 1 saturated heterocycles. The first-order valence-electron chi connectivity index (χ1n) is 8.49. The van der Waals surface area contributed by atoms with Crippen LogP contribution >= 0.6 is 15.9 Å². The maximum Gasteiger partial charge on any atom is 0.328 e. The molecule has 1 heterocycles.